The second kappa shape index (κ2) is 4.30. The van der Waals surface area contributed by atoms with E-state index in [2.05, 4.69) is 23.2 Å². The van der Waals surface area contributed by atoms with Crippen LogP contribution in [0.5, 0.6) is 0 Å². The largest absolute Gasteiger partial charge is 0.382 e. The third-order valence-corrected chi connectivity index (χ3v) is 4.04. The van der Waals surface area contributed by atoms with E-state index in [-0.39, 0.29) is 5.82 Å². The van der Waals surface area contributed by atoms with E-state index in [0.29, 0.717) is 12.0 Å². The molecule has 3 heteroatoms. The van der Waals surface area contributed by atoms with Crippen LogP contribution in [0.15, 0.2) is 18.2 Å². The summed E-state index contributed by atoms with van der Waals surface area (Å²) >= 11 is 0. The summed E-state index contributed by atoms with van der Waals surface area (Å²) in [6, 6.07) is 5.84. The average molecular weight is 234 g/mol. The lowest BCUT2D eigenvalue weighted by Crippen LogP contribution is -2.37. The standard InChI is InChI=1S/C14H19FN2/c1-10-9-16-13-11(5-4-6-12(13)15)14(10)17-7-2-3-8-17/h4-6,10,14,16H,2-3,7-9H2,1H3. The molecule has 0 radical (unpaired) electrons. The molecule has 1 N–H and O–H groups in total. The van der Waals surface area contributed by atoms with Gasteiger partial charge in [-0.05, 0) is 43.5 Å². The van der Waals surface area contributed by atoms with Crippen molar-refractivity contribution in [1.29, 1.82) is 0 Å². The number of rotatable bonds is 1. The number of nitrogens with zero attached hydrogens (tertiary/aromatic N) is 1. The van der Waals surface area contributed by atoms with E-state index in [1.807, 2.05) is 6.07 Å². The van der Waals surface area contributed by atoms with Crippen LogP contribution in [0.2, 0.25) is 0 Å². The molecule has 0 aliphatic carbocycles. The van der Waals surface area contributed by atoms with Crippen LogP contribution in [0, 0.1) is 11.7 Å². The van der Waals surface area contributed by atoms with E-state index in [1.165, 1.54) is 12.8 Å². The summed E-state index contributed by atoms with van der Waals surface area (Å²) in [5.41, 5.74) is 1.87. The lowest BCUT2D eigenvalue weighted by atomic mass is 9.88. The van der Waals surface area contributed by atoms with Gasteiger partial charge in [-0.25, -0.2) is 4.39 Å². The van der Waals surface area contributed by atoms with Crippen molar-refractivity contribution in [3.05, 3.63) is 29.6 Å². The summed E-state index contributed by atoms with van der Waals surface area (Å²) in [4.78, 5) is 2.52. The van der Waals surface area contributed by atoms with Crippen molar-refractivity contribution in [2.24, 2.45) is 5.92 Å². The van der Waals surface area contributed by atoms with Gasteiger partial charge in [0, 0.05) is 12.6 Å². The molecule has 2 heterocycles. The molecule has 2 aliphatic rings. The van der Waals surface area contributed by atoms with Gasteiger partial charge in [0.15, 0.2) is 0 Å². The maximum Gasteiger partial charge on any atom is 0.146 e. The van der Waals surface area contributed by atoms with Crippen LogP contribution in [0.1, 0.15) is 31.4 Å². The van der Waals surface area contributed by atoms with Crippen LogP contribution in [0.25, 0.3) is 0 Å². The van der Waals surface area contributed by atoms with E-state index in [1.54, 1.807) is 6.07 Å². The number of nitrogens with one attached hydrogen (secondary N) is 1. The van der Waals surface area contributed by atoms with E-state index in [9.17, 15) is 4.39 Å². The quantitative estimate of drug-likeness (QED) is 0.803. The predicted molar refractivity (Wildman–Crippen MR) is 67.6 cm³/mol. The van der Waals surface area contributed by atoms with E-state index in [4.69, 9.17) is 0 Å². The lowest BCUT2D eigenvalue weighted by Gasteiger charge is -2.38. The number of fused-ring (bicyclic) bond motifs is 1. The topological polar surface area (TPSA) is 15.3 Å². The van der Waals surface area contributed by atoms with Gasteiger partial charge in [0.2, 0.25) is 0 Å². The summed E-state index contributed by atoms with van der Waals surface area (Å²) in [7, 11) is 0. The highest BCUT2D eigenvalue weighted by Crippen LogP contribution is 2.40. The smallest absolute Gasteiger partial charge is 0.146 e. The minimum absolute atomic E-state index is 0.112. The van der Waals surface area contributed by atoms with Crippen molar-refractivity contribution in [2.45, 2.75) is 25.8 Å². The van der Waals surface area contributed by atoms with Crippen LogP contribution in [-0.2, 0) is 0 Å². The van der Waals surface area contributed by atoms with Crippen molar-refractivity contribution in [1.82, 2.24) is 4.90 Å². The van der Waals surface area contributed by atoms with Gasteiger partial charge < -0.3 is 5.32 Å². The van der Waals surface area contributed by atoms with E-state index in [0.717, 1.165) is 30.9 Å². The SMILES string of the molecule is CC1CNc2c(F)cccc2C1N1CCCC1. The van der Waals surface area contributed by atoms with Gasteiger partial charge in [-0.1, -0.05) is 19.1 Å². The van der Waals surface area contributed by atoms with Crippen molar-refractivity contribution in [3.8, 4) is 0 Å². The van der Waals surface area contributed by atoms with Gasteiger partial charge in [0.25, 0.3) is 0 Å². The molecular weight excluding hydrogens is 215 g/mol. The van der Waals surface area contributed by atoms with Crippen molar-refractivity contribution < 1.29 is 4.39 Å². The Kier molecular flexibility index (Phi) is 2.79. The molecule has 2 atom stereocenters. The first-order chi connectivity index (χ1) is 8.27. The van der Waals surface area contributed by atoms with Gasteiger partial charge in [-0.15, -0.1) is 0 Å². The first-order valence-corrected chi connectivity index (χ1v) is 6.53. The highest BCUT2D eigenvalue weighted by atomic mass is 19.1. The number of para-hydroxylation sites is 1. The molecule has 92 valence electrons. The molecule has 1 fully saturated rings. The maximum absolute atomic E-state index is 13.8. The fourth-order valence-corrected chi connectivity index (χ4v) is 3.23. The second-order valence-electron chi connectivity index (χ2n) is 5.25. The molecule has 2 nitrogen and oxygen atoms in total. The molecule has 17 heavy (non-hydrogen) atoms. The third kappa shape index (κ3) is 1.82. The Morgan fingerprint density at radius 1 is 1.29 bits per heavy atom. The van der Waals surface area contributed by atoms with Gasteiger partial charge in [-0.3, -0.25) is 4.90 Å². The molecule has 0 spiro atoms. The molecule has 3 rings (SSSR count). The molecule has 2 aliphatic heterocycles. The summed E-state index contributed by atoms with van der Waals surface area (Å²) in [6.45, 7) is 5.44. The Morgan fingerprint density at radius 3 is 2.82 bits per heavy atom. The van der Waals surface area contributed by atoms with E-state index < -0.39 is 0 Å². The van der Waals surface area contributed by atoms with Crippen LogP contribution >= 0.6 is 0 Å². The summed E-state index contributed by atoms with van der Waals surface area (Å²) < 4.78 is 13.8. The molecule has 0 saturated carbocycles. The molecule has 1 aromatic carbocycles. The molecule has 1 aromatic rings. The average Bonchev–Trinajstić information content (AvgIpc) is 2.82. The molecular formula is C14H19FN2. The fourth-order valence-electron chi connectivity index (χ4n) is 3.23. The highest BCUT2D eigenvalue weighted by molar-refractivity contribution is 5.56. The third-order valence-electron chi connectivity index (χ3n) is 4.04. The second-order valence-corrected chi connectivity index (χ2v) is 5.25. The summed E-state index contributed by atoms with van der Waals surface area (Å²) in [5.74, 6) is 0.431. The highest BCUT2D eigenvalue weighted by Gasteiger charge is 2.33. The van der Waals surface area contributed by atoms with E-state index >= 15 is 0 Å². The normalized spacial score (nSPS) is 28.8. The van der Waals surface area contributed by atoms with Crippen molar-refractivity contribution in [3.63, 3.8) is 0 Å². The van der Waals surface area contributed by atoms with Gasteiger partial charge >= 0.3 is 0 Å². The Balaban J connectivity index is 2.00. The number of anilines is 1. The Bertz CT molecular complexity index is 413. The molecule has 0 aromatic heterocycles. The predicted octanol–water partition coefficient (Wildman–Crippen LogP) is 3.02. The Morgan fingerprint density at radius 2 is 2.06 bits per heavy atom. The molecule has 2 unspecified atom stereocenters. The first-order valence-electron chi connectivity index (χ1n) is 6.53. The fraction of sp³-hybridized carbons (Fsp3) is 0.571. The van der Waals surface area contributed by atoms with Crippen LogP contribution in [0.3, 0.4) is 0 Å². The first kappa shape index (κ1) is 11.0. The zero-order valence-electron chi connectivity index (χ0n) is 10.2. The monoisotopic (exact) mass is 234 g/mol. The number of hydrogen-bond acceptors (Lipinski definition) is 2. The van der Waals surface area contributed by atoms with Crippen LogP contribution in [0.4, 0.5) is 10.1 Å². The minimum Gasteiger partial charge on any atom is -0.382 e. The Hall–Kier alpha value is -1.09. The Labute approximate surface area is 102 Å². The number of benzene rings is 1. The van der Waals surface area contributed by atoms with Gasteiger partial charge in [-0.2, -0.15) is 0 Å². The lowest BCUT2D eigenvalue weighted by molar-refractivity contribution is 0.185. The zero-order chi connectivity index (χ0) is 11.8. The number of halogens is 1. The minimum atomic E-state index is -0.112. The molecule has 1 saturated heterocycles. The number of likely N-dealkylation sites (tertiary alicyclic amines) is 1. The summed E-state index contributed by atoms with van der Waals surface area (Å²) in [5, 5.41) is 3.23. The van der Waals surface area contributed by atoms with Crippen molar-refractivity contribution in [2.75, 3.05) is 25.0 Å². The number of hydrogen-bond donors (Lipinski definition) is 1. The molecule has 0 bridgehead atoms. The summed E-state index contributed by atoms with van der Waals surface area (Å²) in [6.07, 6.45) is 2.56. The molecule has 0 amide bonds. The van der Waals surface area contributed by atoms with Crippen LogP contribution < -0.4 is 5.32 Å². The van der Waals surface area contributed by atoms with Gasteiger partial charge in [0.1, 0.15) is 5.82 Å². The van der Waals surface area contributed by atoms with Crippen molar-refractivity contribution >= 4 is 5.69 Å². The zero-order valence-corrected chi connectivity index (χ0v) is 10.2. The maximum atomic E-state index is 13.8. The van der Waals surface area contributed by atoms with Gasteiger partial charge in [0.05, 0.1) is 5.69 Å². The van der Waals surface area contributed by atoms with Crippen LogP contribution in [-0.4, -0.2) is 24.5 Å².